The topological polar surface area (TPSA) is 12.9 Å². The second-order valence-corrected chi connectivity index (χ2v) is 4.21. The molecule has 0 saturated heterocycles. The van der Waals surface area contributed by atoms with Gasteiger partial charge >= 0.3 is 0 Å². The molecule has 1 nitrogen and oxygen atoms in total. The third kappa shape index (κ3) is 2.82. The largest absolute Gasteiger partial charge is 0.248 e. The Balaban J connectivity index is 0.000000637. The number of para-hydroxylation sites is 1. The summed E-state index contributed by atoms with van der Waals surface area (Å²) in [4.78, 5) is 4.71. The zero-order valence-corrected chi connectivity index (χ0v) is 11.7. The first-order valence-corrected chi connectivity index (χ1v) is 6.76. The van der Waals surface area contributed by atoms with Gasteiger partial charge in [-0.15, -0.1) is 0 Å². The van der Waals surface area contributed by atoms with Gasteiger partial charge in [0, 0.05) is 10.9 Å². The highest BCUT2D eigenvalue weighted by atomic mass is 14.7. The van der Waals surface area contributed by atoms with Crippen LogP contribution in [0.3, 0.4) is 0 Å². The third-order valence-electron chi connectivity index (χ3n) is 2.99. The molecule has 3 aromatic rings. The van der Waals surface area contributed by atoms with Crippen molar-refractivity contribution in [1.82, 2.24) is 4.98 Å². The molecule has 2 aromatic carbocycles. The molecule has 1 aromatic heterocycles. The summed E-state index contributed by atoms with van der Waals surface area (Å²) in [5.41, 5.74) is 4.55. The van der Waals surface area contributed by atoms with Crippen molar-refractivity contribution in [3.05, 3.63) is 66.2 Å². The first-order valence-electron chi connectivity index (χ1n) is 6.76. The van der Waals surface area contributed by atoms with Gasteiger partial charge in [-0.25, -0.2) is 4.98 Å². The quantitative estimate of drug-likeness (QED) is 0.575. The van der Waals surface area contributed by atoms with Crippen molar-refractivity contribution in [3.8, 4) is 11.3 Å². The number of pyridine rings is 1. The normalized spacial score (nSPS) is 9.84. The maximum Gasteiger partial charge on any atom is 0.0712 e. The van der Waals surface area contributed by atoms with E-state index in [9.17, 15) is 0 Å². The van der Waals surface area contributed by atoms with Gasteiger partial charge in [-0.05, 0) is 24.6 Å². The zero-order valence-electron chi connectivity index (χ0n) is 11.7. The van der Waals surface area contributed by atoms with Gasteiger partial charge in [0.1, 0.15) is 0 Å². The summed E-state index contributed by atoms with van der Waals surface area (Å²) in [5, 5.41) is 1.23. The second-order valence-electron chi connectivity index (χ2n) is 4.21. The van der Waals surface area contributed by atoms with E-state index in [-0.39, 0.29) is 0 Å². The maximum absolute atomic E-state index is 4.71. The van der Waals surface area contributed by atoms with Crippen molar-refractivity contribution in [1.29, 1.82) is 0 Å². The van der Waals surface area contributed by atoms with Gasteiger partial charge in [-0.2, -0.15) is 0 Å². The Morgan fingerprint density at radius 1 is 0.789 bits per heavy atom. The van der Waals surface area contributed by atoms with Crippen LogP contribution in [0.15, 0.2) is 60.7 Å². The van der Waals surface area contributed by atoms with E-state index in [0.717, 1.165) is 11.2 Å². The Morgan fingerprint density at radius 3 is 2.16 bits per heavy atom. The highest BCUT2D eigenvalue weighted by molar-refractivity contribution is 5.84. The molecule has 0 bridgehead atoms. The minimum Gasteiger partial charge on any atom is -0.248 e. The molecule has 0 spiro atoms. The van der Waals surface area contributed by atoms with Crippen molar-refractivity contribution in [2.24, 2.45) is 0 Å². The third-order valence-corrected chi connectivity index (χ3v) is 2.99. The van der Waals surface area contributed by atoms with Crippen LogP contribution in [0, 0.1) is 6.92 Å². The summed E-state index contributed by atoms with van der Waals surface area (Å²) in [6, 6.07) is 20.7. The number of hydrogen-bond donors (Lipinski definition) is 0. The molecule has 0 saturated carbocycles. The van der Waals surface area contributed by atoms with E-state index in [1.54, 1.807) is 0 Å². The summed E-state index contributed by atoms with van der Waals surface area (Å²) in [6.45, 7) is 6.14. The predicted octanol–water partition coefficient (Wildman–Crippen LogP) is 5.24. The van der Waals surface area contributed by atoms with Gasteiger partial charge < -0.3 is 0 Å². The number of benzene rings is 2. The molecule has 19 heavy (non-hydrogen) atoms. The standard InChI is InChI=1S/C16H13N.C2H6/c1-12-11-16(13-7-3-2-4-8-13)17-15-10-6-5-9-14(12)15;1-2/h2-11H,1H3;1-2H3. The van der Waals surface area contributed by atoms with E-state index in [4.69, 9.17) is 4.98 Å². The first-order chi connectivity index (χ1) is 9.34. The number of rotatable bonds is 1. The number of aryl methyl sites for hydroxylation is 1. The smallest absolute Gasteiger partial charge is 0.0712 e. The molecule has 0 fully saturated rings. The molecule has 0 aliphatic rings. The molecule has 1 heterocycles. The second kappa shape index (κ2) is 6.14. The minimum atomic E-state index is 1.04. The van der Waals surface area contributed by atoms with Crippen molar-refractivity contribution in [2.45, 2.75) is 20.8 Å². The number of aromatic nitrogens is 1. The molecular formula is C18H19N. The lowest BCUT2D eigenvalue weighted by atomic mass is 10.1. The first kappa shape index (κ1) is 13.3. The number of hydrogen-bond acceptors (Lipinski definition) is 1. The molecule has 3 rings (SSSR count). The van der Waals surface area contributed by atoms with Crippen LogP contribution in [0.25, 0.3) is 22.2 Å². The van der Waals surface area contributed by atoms with E-state index in [1.807, 2.05) is 38.1 Å². The number of nitrogens with zero attached hydrogens (tertiary/aromatic N) is 1. The van der Waals surface area contributed by atoms with E-state index in [1.165, 1.54) is 16.5 Å². The Hall–Kier alpha value is -2.15. The average Bonchev–Trinajstić information content (AvgIpc) is 2.50. The molecule has 0 aliphatic heterocycles. The van der Waals surface area contributed by atoms with Gasteiger partial charge in [0.2, 0.25) is 0 Å². The Bertz CT molecular complexity index is 657. The minimum absolute atomic E-state index is 1.04. The Kier molecular flexibility index (Phi) is 4.30. The summed E-state index contributed by atoms with van der Waals surface area (Å²) < 4.78 is 0. The van der Waals surface area contributed by atoms with E-state index in [2.05, 4.69) is 43.3 Å². The van der Waals surface area contributed by atoms with E-state index < -0.39 is 0 Å². The monoisotopic (exact) mass is 249 g/mol. The molecule has 0 aliphatic carbocycles. The van der Waals surface area contributed by atoms with Crippen LogP contribution < -0.4 is 0 Å². The van der Waals surface area contributed by atoms with Gasteiger partial charge in [0.15, 0.2) is 0 Å². The van der Waals surface area contributed by atoms with Crippen molar-refractivity contribution in [3.63, 3.8) is 0 Å². The number of fused-ring (bicyclic) bond motifs is 1. The fourth-order valence-corrected chi connectivity index (χ4v) is 2.11. The van der Waals surface area contributed by atoms with Crippen LogP contribution in [0.4, 0.5) is 0 Å². The highest BCUT2D eigenvalue weighted by Gasteiger charge is 2.03. The lowest BCUT2D eigenvalue weighted by molar-refractivity contribution is 1.36. The molecular weight excluding hydrogens is 230 g/mol. The summed E-state index contributed by atoms with van der Waals surface area (Å²) >= 11 is 0. The van der Waals surface area contributed by atoms with Crippen LogP contribution in [0.2, 0.25) is 0 Å². The lowest BCUT2D eigenvalue weighted by Gasteiger charge is -2.06. The molecule has 0 atom stereocenters. The summed E-state index contributed by atoms with van der Waals surface area (Å²) in [6.07, 6.45) is 0. The lowest BCUT2D eigenvalue weighted by Crippen LogP contribution is -1.88. The Labute approximate surface area is 114 Å². The van der Waals surface area contributed by atoms with Crippen molar-refractivity contribution >= 4 is 10.9 Å². The van der Waals surface area contributed by atoms with E-state index in [0.29, 0.717) is 0 Å². The maximum atomic E-state index is 4.71. The average molecular weight is 249 g/mol. The molecule has 0 unspecified atom stereocenters. The van der Waals surface area contributed by atoms with Gasteiger partial charge in [0.25, 0.3) is 0 Å². The molecule has 0 radical (unpaired) electrons. The Morgan fingerprint density at radius 2 is 1.42 bits per heavy atom. The van der Waals surface area contributed by atoms with Gasteiger partial charge in [-0.1, -0.05) is 62.4 Å². The van der Waals surface area contributed by atoms with Gasteiger partial charge in [0.05, 0.1) is 11.2 Å². The molecule has 1 heteroatoms. The molecule has 0 N–H and O–H groups in total. The fraction of sp³-hybridized carbons (Fsp3) is 0.167. The fourth-order valence-electron chi connectivity index (χ4n) is 2.11. The predicted molar refractivity (Wildman–Crippen MR) is 83.3 cm³/mol. The SMILES string of the molecule is CC.Cc1cc(-c2ccccc2)nc2ccccc12. The van der Waals surface area contributed by atoms with Crippen molar-refractivity contribution < 1.29 is 0 Å². The highest BCUT2D eigenvalue weighted by Crippen LogP contribution is 2.23. The molecule has 96 valence electrons. The summed E-state index contributed by atoms with van der Waals surface area (Å²) in [7, 11) is 0. The van der Waals surface area contributed by atoms with Crippen LogP contribution >= 0.6 is 0 Å². The van der Waals surface area contributed by atoms with Crippen LogP contribution in [0.1, 0.15) is 19.4 Å². The summed E-state index contributed by atoms with van der Waals surface area (Å²) in [5.74, 6) is 0. The zero-order chi connectivity index (χ0) is 13.7. The molecule has 0 amide bonds. The van der Waals surface area contributed by atoms with Crippen LogP contribution in [-0.4, -0.2) is 4.98 Å². The van der Waals surface area contributed by atoms with Crippen molar-refractivity contribution in [2.75, 3.05) is 0 Å². The van der Waals surface area contributed by atoms with Crippen LogP contribution in [-0.2, 0) is 0 Å². The van der Waals surface area contributed by atoms with E-state index >= 15 is 0 Å². The van der Waals surface area contributed by atoms with Gasteiger partial charge in [-0.3, -0.25) is 0 Å². The van der Waals surface area contributed by atoms with Crippen LogP contribution in [0.5, 0.6) is 0 Å².